The van der Waals surface area contributed by atoms with Crippen LogP contribution in [0.3, 0.4) is 0 Å². The van der Waals surface area contributed by atoms with Crippen LogP contribution >= 0.6 is 0 Å². The fourth-order valence-electron chi connectivity index (χ4n) is 0.472. The molecule has 0 saturated heterocycles. The Kier molecular flexibility index (Phi) is 1.08. The number of halogens is 1. The molecule has 8 heavy (non-hydrogen) atoms. The molecule has 0 aromatic rings. The van der Waals surface area contributed by atoms with E-state index in [4.69, 9.17) is 5.11 Å². The van der Waals surface area contributed by atoms with Crippen molar-refractivity contribution in [2.45, 2.75) is 18.6 Å². The monoisotopic (exact) mass is 119 g/mol. The molecule has 2 N–H and O–H groups in total. The zero-order valence-electron chi connectivity index (χ0n) is 4.10. The van der Waals surface area contributed by atoms with Gasteiger partial charge in [0.05, 0.1) is 6.04 Å². The van der Waals surface area contributed by atoms with E-state index in [1.807, 2.05) is 5.32 Å². The molecular formula is C4H6FNO2. The van der Waals surface area contributed by atoms with Crippen molar-refractivity contribution in [3.05, 3.63) is 0 Å². The first-order chi connectivity index (χ1) is 3.70. The topological polar surface area (TPSA) is 49.3 Å². The average molecular weight is 119 g/mol. The van der Waals surface area contributed by atoms with Gasteiger partial charge in [-0.1, -0.05) is 0 Å². The minimum absolute atomic E-state index is 0.340. The molecule has 3 nitrogen and oxygen atoms in total. The van der Waals surface area contributed by atoms with Gasteiger partial charge in [0.1, 0.15) is 6.17 Å². The molecule has 0 spiro atoms. The molecule has 1 aliphatic carbocycles. The zero-order chi connectivity index (χ0) is 6.15. The van der Waals surface area contributed by atoms with Gasteiger partial charge < -0.3 is 10.4 Å². The molecule has 2 atom stereocenters. The van der Waals surface area contributed by atoms with E-state index >= 15 is 0 Å². The summed E-state index contributed by atoms with van der Waals surface area (Å²) >= 11 is 0. The summed E-state index contributed by atoms with van der Waals surface area (Å²) < 4.78 is 11.8. The predicted octanol–water partition coefficient (Wildman–Crippen LogP) is 0.364. The van der Waals surface area contributed by atoms with Gasteiger partial charge in [-0.2, -0.15) is 0 Å². The lowest BCUT2D eigenvalue weighted by atomic mass is 10.7. The average Bonchev–Trinajstić information content (AvgIpc) is 2.17. The smallest absolute Gasteiger partial charge is 0.404 e. The first-order valence-electron chi connectivity index (χ1n) is 2.33. The highest BCUT2D eigenvalue weighted by molar-refractivity contribution is 5.65. The Morgan fingerprint density at radius 3 is 2.50 bits per heavy atom. The SMILES string of the molecule is O=C(O)N[C@@H]1C[C@H]1F. The summed E-state index contributed by atoms with van der Waals surface area (Å²) in [6.07, 6.45) is -1.74. The molecule has 1 aliphatic rings. The normalized spacial score (nSPS) is 34.1. The fourth-order valence-corrected chi connectivity index (χ4v) is 0.472. The first kappa shape index (κ1) is 5.34. The lowest BCUT2D eigenvalue weighted by molar-refractivity contribution is 0.192. The van der Waals surface area contributed by atoms with Crippen LogP contribution in [0.1, 0.15) is 6.42 Å². The minimum atomic E-state index is -1.14. The van der Waals surface area contributed by atoms with Crippen LogP contribution < -0.4 is 5.32 Å². The summed E-state index contributed by atoms with van der Waals surface area (Å²) in [6.45, 7) is 0. The Bertz CT molecular complexity index is 117. The largest absolute Gasteiger partial charge is 0.465 e. The van der Waals surface area contributed by atoms with E-state index in [9.17, 15) is 9.18 Å². The Balaban J connectivity index is 2.14. The molecule has 0 aromatic heterocycles. The van der Waals surface area contributed by atoms with Crippen molar-refractivity contribution in [2.24, 2.45) is 0 Å². The van der Waals surface area contributed by atoms with Gasteiger partial charge in [0, 0.05) is 6.42 Å². The third-order valence-corrected chi connectivity index (χ3v) is 1.02. The van der Waals surface area contributed by atoms with Crippen LogP contribution in [0, 0.1) is 0 Å². The van der Waals surface area contributed by atoms with Gasteiger partial charge in [0.25, 0.3) is 0 Å². The van der Waals surface area contributed by atoms with Crippen LogP contribution in [-0.4, -0.2) is 23.4 Å². The van der Waals surface area contributed by atoms with Gasteiger partial charge >= 0.3 is 6.09 Å². The number of carbonyl (C=O) groups is 1. The Hall–Kier alpha value is -0.800. The zero-order valence-corrected chi connectivity index (χ0v) is 4.10. The van der Waals surface area contributed by atoms with Gasteiger partial charge in [0.2, 0.25) is 0 Å². The molecule has 0 radical (unpaired) electrons. The molecule has 0 aliphatic heterocycles. The molecule has 1 saturated carbocycles. The number of amides is 1. The molecule has 0 bridgehead atoms. The van der Waals surface area contributed by atoms with Crippen LogP contribution in [0.15, 0.2) is 0 Å². The van der Waals surface area contributed by atoms with Gasteiger partial charge in [-0.3, -0.25) is 0 Å². The predicted molar refractivity (Wildman–Crippen MR) is 24.5 cm³/mol. The summed E-state index contributed by atoms with van der Waals surface area (Å²) in [6, 6.07) is -0.424. The summed E-state index contributed by atoms with van der Waals surface area (Å²) in [7, 11) is 0. The summed E-state index contributed by atoms with van der Waals surface area (Å²) in [5.41, 5.74) is 0. The second kappa shape index (κ2) is 1.61. The standard InChI is InChI=1S/C4H6FNO2/c5-2-1-3(2)6-4(7)8/h2-3,6H,1H2,(H,7,8)/t2-,3-/m1/s1. The van der Waals surface area contributed by atoms with E-state index in [1.54, 1.807) is 0 Å². The third-order valence-electron chi connectivity index (χ3n) is 1.02. The van der Waals surface area contributed by atoms with Gasteiger partial charge in [0.15, 0.2) is 0 Å². The molecule has 1 amide bonds. The Morgan fingerprint density at radius 2 is 2.38 bits per heavy atom. The van der Waals surface area contributed by atoms with E-state index in [2.05, 4.69) is 0 Å². The number of hydrogen-bond donors (Lipinski definition) is 2. The van der Waals surface area contributed by atoms with E-state index in [1.165, 1.54) is 0 Å². The number of alkyl halides is 1. The lowest BCUT2D eigenvalue weighted by Gasteiger charge is -1.91. The molecular weight excluding hydrogens is 113 g/mol. The van der Waals surface area contributed by atoms with E-state index in [0.29, 0.717) is 6.42 Å². The lowest BCUT2D eigenvalue weighted by Crippen LogP contribution is -2.24. The van der Waals surface area contributed by atoms with Gasteiger partial charge in [-0.05, 0) is 0 Å². The molecule has 1 rings (SSSR count). The van der Waals surface area contributed by atoms with Gasteiger partial charge in [-0.15, -0.1) is 0 Å². The highest BCUT2D eigenvalue weighted by Gasteiger charge is 2.38. The molecule has 1 fully saturated rings. The maximum Gasteiger partial charge on any atom is 0.404 e. The third kappa shape index (κ3) is 1.08. The van der Waals surface area contributed by atoms with Crippen LogP contribution in [-0.2, 0) is 0 Å². The number of carboxylic acid groups (broad SMARTS) is 1. The maximum absolute atomic E-state index is 11.8. The van der Waals surface area contributed by atoms with Crippen LogP contribution in [0.5, 0.6) is 0 Å². The molecule has 46 valence electrons. The van der Waals surface area contributed by atoms with Crippen molar-refractivity contribution in [1.29, 1.82) is 0 Å². The van der Waals surface area contributed by atoms with Crippen molar-refractivity contribution in [2.75, 3.05) is 0 Å². The van der Waals surface area contributed by atoms with Crippen molar-refractivity contribution in [3.63, 3.8) is 0 Å². The van der Waals surface area contributed by atoms with Crippen molar-refractivity contribution in [3.8, 4) is 0 Å². The van der Waals surface area contributed by atoms with Crippen LogP contribution in [0.4, 0.5) is 9.18 Å². The second-order valence-electron chi connectivity index (χ2n) is 1.81. The number of hydrogen-bond acceptors (Lipinski definition) is 1. The molecule has 0 heterocycles. The van der Waals surface area contributed by atoms with E-state index in [-0.39, 0.29) is 0 Å². The summed E-state index contributed by atoms with van der Waals surface area (Å²) in [4.78, 5) is 9.72. The molecule has 0 aromatic carbocycles. The first-order valence-corrected chi connectivity index (χ1v) is 2.33. The number of nitrogens with one attached hydrogen (secondary N) is 1. The van der Waals surface area contributed by atoms with Gasteiger partial charge in [-0.25, -0.2) is 9.18 Å². The highest BCUT2D eigenvalue weighted by Crippen LogP contribution is 2.24. The number of rotatable bonds is 1. The molecule has 0 unspecified atom stereocenters. The second-order valence-corrected chi connectivity index (χ2v) is 1.81. The van der Waals surface area contributed by atoms with Crippen LogP contribution in [0.25, 0.3) is 0 Å². The highest BCUT2D eigenvalue weighted by atomic mass is 19.1. The van der Waals surface area contributed by atoms with Crippen LogP contribution in [0.2, 0.25) is 0 Å². The quantitative estimate of drug-likeness (QED) is 0.523. The Labute approximate surface area is 45.5 Å². The van der Waals surface area contributed by atoms with E-state index < -0.39 is 18.3 Å². The van der Waals surface area contributed by atoms with Crippen molar-refractivity contribution in [1.82, 2.24) is 5.32 Å². The van der Waals surface area contributed by atoms with Crippen molar-refractivity contribution >= 4 is 6.09 Å². The van der Waals surface area contributed by atoms with Crippen molar-refractivity contribution < 1.29 is 14.3 Å². The Morgan fingerprint density at radius 1 is 1.88 bits per heavy atom. The maximum atomic E-state index is 11.8. The minimum Gasteiger partial charge on any atom is -0.465 e. The summed E-state index contributed by atoms with van der Waals surface area (Å²) in [5.74, 6) is 0. The summed E-state index contributed by atoms with van der Waals surface area (Å²) in [5, 5.41) is 9.97. The molecule has 4 heteroatoms. The fraction of sp³-hybridized carbons (Fsp3) is 0.750. The van der Waals surface area contributed by atoms with E-state index in [0.717, 1.165) is 0 Å².